The molecule has 2 aliphatic rings. The number of piperidine rings is 2. The maximum atomic E-state index is 12.8. The first-order valence-electron chi connectivity index (χ1n) is 10.8. The molecule has 0 aromatic rings. The van der Waals surface area contributed by atoms with Crippen LogP contribution in [0.25, 0.3) is 0 Å². The summed E-state index contributed by atoms with van der Waals surface area (Å²) in [6, 6.07) is 0. The molecule has 146 valence electrons. The fraction of sp³-hybridized carbons (Fsp3) is 0.952. The van der Waals surface area contributed by atoms with Crippen LogP contribution in [0.3, 0.4) is 0 Å². The highest BCUT2D eigenvalue weighted by Gasteiger charge is 2.44. The lowest BCUT2D eigenvalue weighted by Crippen LogP contribution is -2.55. The zero-order chi connectivity index (χ0) is 18.0. The SMILES string of the molecule is CCCCCCCCC(CC)C(=O)OC1CNCCC12CCNCC2. The second-order valence-corrected chi connectivity index (χ2v) is 8.15. The third-order valence-corrected chi connectivity index (χ3v) is 6.40. The Labute approximate surface area is 154 Å². The standard InChI is InChI=1S/C21H40N2O2/c1-3-5-6-7-8-9-10-18(4-2)20(24)25-19-17-23-16-13-21(19)11-14-22-15-12-21/h18-19,22-23H,3-17H2,1-2H3. The van der Waals surface area contributed by atoms with Gasteiger partial charge in [-0.25, -0.2) is 0 Å². The van der Waals surface area contributed by atoms with Crippen molar-refractivity contribution in [1.82, 2.24) is 10.6 Å². The maximum Gasteiger partial charge on any atom is 0.309 e. The molecule has 0 amide bonds. The zero-order valence-electron chi connectivity index (χ0n) is 16.6. The Morgan fingerprint density at radius 3 is 2.32 bits per heavy atom. The molecule has 1 spiro atoms. The van der Waals surface area contributed by atoms with Crippen LogP contribution in [-0.2, 0) is 9.53 Å². The predicted octanol–water partition coefficient (Wildman–Crippen LogP) is 4.04. The number of ether oxygens (including phenoxy) is 1. The lowest BCUT2D eigenvalue weighted by molar-refractivity contribution is -0.165. The largest absolute Gasteiger partial charge is 0.460 e. The highest BCUT2D eigenvalue weighted by molar-refractivity contribution is 5.72. The Hall–Kier alpha value is -0.610. The molecule has 4 heteroatoms. The van der Waals surface area contributed by atoms with E-state index in [1.165, 1.54) is 32.1 Å². The summed E-state index contributed by atoms with van der Waals surface area (Å²) >= 11 is 0. The summed E-state index contributed by atoms with van der Waals surface area (Å²) in [7, 11) is 0. The van der Waals surface area contributed by atoms with Crippen molar-refractivity contribution in [2.24, 2.45) is 11.3 Å². The van der Waals surface area contributed by atoms with Gasteiger partial charge in [0.2, 0.25) is 0 Å². The number of carbonyl (C=O) groups is 1. The number of esters is 1. The molecule has 2 heterocycles. The predicted molar refractivity (Wildman–Crippen MR) is 104 cm³/mol. The van der Waals surface area contributed by atoms with Crippen LogP contribution < -0.4 is 10.6 Å². The van der Waals surface area contributed by atoms with Crippen LogP contribution in [0.4, 0.5) is 0 Å². The van der Waals surface area contributed by atoms with Gasteiger partial charge in [-0.3, -0.25) is 4.79 Å². The van der Waals surface area contributed by atoms with E-state index in [0.29, 0.717) is 0 Å². The molecule has 0 saturated carbocycles. The van der Waals surface area contributed by atoms with Gasteiger partial charge in [-0.15, -0.1) is 0 Å². The van der Waals surface area contributed by atoms with E-state index in [0.717, 1.165) is 64.7 Å². The van der Waals surface area contributed by atoms with Gasteiger partial charge in [-0.05, 0) is 51.7 Å². The molecule has 2 saturated heterocycles. The van der Waals surface area contributed by atoms with Gasteiger partial charge in [0, 0.05) is 12.0 Å². The Balaban J connectivity index is 1.78. The summed E-state index contributed by atoms with van der Waals surface area (Å²) in [5, 5.41) is 6.89. The van der Waals surface area contributed by atoms with Gasteiger partial charge in [0.1, 0.15) is 6.10 Å². The van der Waals surface area contributed by atoms with Crippen molar-refractivity contribution in [3.63, 3.8) is 0 Å². The van der Waals surface area contributed by atoms with E-state index in [-0.39, 0.29) is 23.4 Å². The minimum absolute atomic E-state index is 0.0580. The minimum atomic E-state index is 0.0580. The molecular formula is C21H40N2O2. The monoisotopic (exact) mass is 352 g/mol. The Morgan fingerprint density at radius 2 is 1.64 bits per heavy atom. The topological polar surface area (TPSA) is 50.4 Å². The van der Waals surface area contributed by atoms with Crippen molar-refractivity contribution < 1.29 is 9.53 Å². The number of hydrogen-bond acceptors (Lipinski definition) is 4. The van der Waals surface area contributed by atoms with Gasteiger partial charge >= 0.3 is 5.97 Å². The molecule has 2 N–H and O–H groups in total. The molecular weight excluding hydrogens is 312 g/mol. The first-order chi connectivity index (χ1) is 12.2. The van der Waals surface area contributed by atoms with Crippen LogP contribution >= 0.6 is 0 Å². The molecule has 25 heavy (non-hydrogen) atoms. The minimum Gasteiger partial charge on any atom is -0.460 e. The zero-order valence-corrected chi connectivity index (χ0v) is 16.6. The van der Waals surface area contributed by atoms with Crippen LogP contribution in [0.1, 0.15) is 84.5 Å². The summed E-state index contributed by atoms with van der Waals surface area (Å²) in [5.74, 6) is 0.148. The fourth-order valence-electron chi connectivity index (χ4n) is 4.51. The second kappa shape index (κ2) is 11.2. The maximum absolute atomic E-state index is 12.8. The Morgan fingerprint density at radius 1 is 1.00 bits per heavy atom. The molecule has 2 unspecified atom stereocenters. The molecule has 0 aliphatic carbocycles. The number of unbranched alkanes of at least 4 members (excludes halogenated alkanes) is 5. The highest BCUT2D eigenvalue weighted by atomic mass is 16.5. The number of hydrogen-bond donors (Lipinski definition) is 2. The summed E-state index contributed by atoms with van der Waals surface area (Å²) in [4.78, 5) is 12.8. The van der Waals surface area contributed by atoms with Crippen molar-refractivity contribution in [2.75, 3.05) is 26.2 Å². The van der Waals surface area contributed by atoms with E-state index in [9.17, 15) is 4.79 Å². The van der Waals surface area contributed by atoms with Gasteiger partial charge < -0.3 is 15.4 Å². The smallest absolute Gasteiger partial charge is 0.309 e. The van der Waals surface area contributed by atoms with Gasteiger partial charge in [0.05, 0.1) is 5.92 Å². The number of rotatable bonds is 10. The van der Waals surface area contributed by atoms with Crippen molar-refractivity contribution in [1.29, 1.82) is 0 Å². The van der Waals surface area contributed by atoms with Crippen molar-refractivity contribution in [2.45, 2.75) is 90.6 Å². The third-order valence-electron chi connectivity index (χ3n) is 6.40. The highest BCUT2D eigenvalue weighted by Crippen LogP contribution is 2.40. The Kier molecular flexibility index (Phi) is 9.25. The van der Waals surface area contributed by atoms with Crippen LogP contribution in [0, 0.1) is 11.3 Å². The first kappa shape index (κ1) is 20.7. The Bertz CT molecular complexity index is 372. The van der Waals surface area contributed by atoms with Crippen molar-refractivity contribution in [3.05, 3.63) is 0 Å². The van der Waals surface area contributed by atoms with Crippen molar-refractivity contribution >= 4 is 5.97 Å². The molecule has 2 aliphatic heterocycles. The third kappa shape index (κ3) is 6.25. The molecule has 2 rings (SSSR count). The van der Waals surface area contributed by atoms with Gasteiger partial charge in [-0.1, -0.05) is 52.4 Å². The number of nitrogens with one attached hydrogen (secondary N) is 2. The summed E-state index contributed by atoms with van der Waals surface area (Å²) < 4.78 is 6.10. The normalized spacial score (nSPS) is 24.2. The quantitative estimate of drug-likeness (QED) is 0.460. The summed E-state index contributed by atoms with van der Waals surface area (Å²) in [6.07, 6.45) is 13.1. The first-order valence-corrected chi connectivity index (χ1v) is 10.8. The van der Waals surface area contributed by atoms with Crippen LogP contribution in [0.5, 0.6) is 0 Å². The molecule has 2 fully saturated rings. The molecule has 4 nitrogen and oxygen atoms in total. The van der Waals surface area contributed by atoms with E-state index in [4.69, 9.17) is 4.74 Å². The summed E-state index contributed by atoms with van der Waals surface area (Å²) in [6.45, 7) is 8.38. The molecule has 0 radical (unpaired) electrons. The average Bonchev–Trinajstić information content (AvgIpc) is 2.64. The molecule has 0 bridgehead atoms. The van der Waals surface area contributed by atoms with Crippen molar-refractivity contribution in [3.8, 4) is 0 Å². The lowest BCUT2D eigenvalue weighted by Gasteiger charge is -2.46. The van der Waals surface area contributed by atoms with E-state index >= 15 is 0 Å². The van der Waals surface area contributed by atoms with Crippen LogP contribution in [0.2, 0.25) is 0 Å². The van der Waals surface area contributed by atoms with Crippen LogP contribution in [-0.4, -0.2) is 38.3 Å². The van der Waals surface area contributed by atoms with E-state index in [1.807, 2.05) is 0 Å². The summed E-state index contributed by atoms with van der Waals surface area (Å²) in [5.41, 5.74) is 0.213. The van der Waals surface area contributed by atoms with Crippen LogP contribution in [0.15, 0.2) is 0 Å². The average molecular weight is 353 g/mol. The molecule has 0 aromatic heterocycles. The van der Waals surface area contributed by atoms with Gasteiger partial charge in [-0.2, -0.15) is 0 Å². The van der Waals surface area contributed by atoms with E-state index in [1.54, 1.807) is 0 Å². The number of carbonyl (C=O) groups excluding carboxylic acids is 1. The van der Waals surface area contributed by atoms with Gasteiger partial charge in [0.15, 0.2) is 0 Å². The molecule has 0 aromatic carbocycles. The molecule has 2 atom stereocenters. The lowest BCUT2D eigenvalue weighted by atomic mass is 9.70. The van der Waals surface area contributed by atoms with Gasteiger partial charge in [0.25, 0.3) is 0 Å². The van der Waals surface area contributed by atoms with E-state index in [2.05, 4.69) is 24.5 Å². The second-order valence-electron chi connectivity index (χ2n) is 8.15. The van der Waals surface area contributed by atoms with E-state index < -0.39 is 0 Å². The fourth-order valence-corrected chi connectivity index (χ4v) is 4.51.